The number of nitrogens with one attached hydrogen (secondary N) is 1. The van der Waals surface area contributed by atoms with Crippen molar-refractivity contribution >= 4 is 5.78 Å². The Morgan fingerprint density at radius 2 is 1.95 bits per heavy atom. The molecule has 1 aromatic carbocycles. The number of ether oxygens (including phenoxy) is 1. The number of hydrogen-bond acceptors (Lipinski definition) is 3. The average Bonchev–Trinajstić information content (AvgIpc) is 2.38. The van der Waals surface area contributed by atoms with E-state index in [2.05, 4.69) is 12.2 Å². The van der Waals surface area contributed by atoms with Gasteiger partial charge in [0.2, 0.25) is 0 Å². The van der Waals surface area contributed by atoms with Crippen LogP contribution < -0.4 is 10.1 Å². The third-order valence-electron chi connectivity index (χ3n) is 3.61. The van der Waals surface area contributed by atoms with E-state index in [1.165, 1.54) is 0 Å². The molecule has 1 aliphatic carbocycles. The Balaban J connectivity index is 1.78. The lowest BCUT2D eigenvalue weighted by Gasteiger charge is -2.35. The lowest BCUT2D eigenvalue weighted by molar-refractivity contribution is -0.118. The van der Waals surface area contributed by atoms with Crippen LogP contribution in [0.15, 0.2) is 24.3 Å². The van der Waals surface area contributed by atoms with E-state index in [0.717, 1.165) is 30.7 Å². The summed E-state index contributed by atoms with van der Waals surface area (Å²) in [6, 6.07) is 8.54. The van der Waals surface area contributed by atoms with E-state index in [1.807, 2.05) is 31.2 Å². The molecule has 0 saturated heterocycles. The second-order valence-corrected chi connectivity index (χ2v) is 5.18. The van der Waals surface area contributed by atoms with Crippen molar-refractivity contribution in [1.82, 2.24) is 5.32 Å². The highest BCUT2D eigenvalue weighted by Crippen LogP contribution is 2.26. The highest BCUT2D eigenvalue weighted by molar-refractivity contribution is 5.80. The fourth-order valence-electron chi connectivity index (χ4n) is 2.35. The highest BCUT2D eigenvalue weighted by atomic mass is 16.5. The molecule has 1 fully saturated rings. The molecule has 0 unspecified atom stereocenters. The Bertz CT molecular complexity index is 407. The van der Waals surface area contributed by atoms with Crippen LogP contribution in [0.2, 0.25) is 0 Å². The topological polar surface area (TPSA) is 38.3 Å². The number of benzene rings is 1. The number of ketones is 1. The number of rotatable bonds is 7. The van der Waals surface area contributed by atoms with Gasteiger partial charge in [-0.25, -0.2) is 0 Å². The van der Waals surface area contributed by atoms with Crippen LogP contribution in [0.1, 0.15) is 38.7 Å². The van der Waals surface area contributed by atoms with Gasteiger partial charge in [-0.15, -0.1) is 0 Å². The van der Waals surface area contributed by atoms with Crippen molar-refractivity contribution in [1.29, 1.82) is 0 Å². The molecule has 104 valence electrons. The van der Waals surface area contributed by atoms with Crippen molar-refractivity contribution in [2.45, 2.75) is 51.7 Å². The fourth-order valence-corrected chi connectivity index (χ4v) is 2.35. The molecular formula is C16H23NO2. The van der Waals surface area contributed by atoms with Crippen LogP contribution in [0, 0.1) is 0 Å². The van der Waals surface area contributed by atoms with E-state index in [-0.39, 0.29) is 5.78 Å². The second-order valence-electron chi connectivity index (χ2n) is 5.18. The van der Waals surface area contributed by atoms with Gasteiger partial charge >= 0.3 is 0 Å². The summed E-state index contributed by atoms with van der Waals surface area (Å²) in [5, 5.41) is 3.42. The van der Waals surface area contributed by atoms with Gasteiger partial charge in [0.1, 0.15) is 17.6 Å². The van der Waals surface area contributed by atoms with Gasteiger partial charge < -0.3 is 10.1 Å². The molecule has 1 aromatic rings. The van der Waals surface area contributed by atoms with E-state index in [4.69, 9.17) is 4.74 Å². The van der Waals surface area contributed by atoms with E-state index in [9.17, 15) is 4.79 Å². The summed E-state index contributed by atoms with van der Waals surface area (Å²) in [7, 11) is 0. The van der Waals surface area contributed by atoms with Crippen LogP contribution in [0.5, 0.6) is 5.75 Å². The molecule has 0 aliphatic heterocycles. The fraction of sp³-hybridized carbons (Fsp3) is 0.562. The summed E-state index contributed by atoms with van der Waals surface area (Å²) in [6.07, 6.45) is 3.65. The van der Waals surface area contributed by atoms with Crippen LogP contribution in [0.25, 0.3) is 0 Å². The SMILES string of the molecule is CCN[C@H]1C[C@H](Oc2ccc(CC(=O)CC)cc2)C1. The molecule has 0 radical (unpaired) electrons. The quantitative estimate of drug-likeness (QED) is 0.820. The number of Topliss-reactive ketones (excluding diaryl/α,β-unsaturated/α-hetero) is 1. The molecule has 0 bridgehead atoms. The van der Waals surface area contributed by atoms with E-state index in [1.54, 1.807) is 0 Å². The predicted molar refractivity (Wildman–Crippen MR) is 76.6 cm³/mol. The van der Waals surface area contributed by atoms with Crippen molar-refractivity contribution in [2.75, 3.05) is 6.54 Å². The summed E-state index contributed by atoms with van der Waals surface area (Å²) in [6.45, 7) is 5.05. The van der Waals surface area contributed by atoms with Crippen molar-refractivity contribution in [3.05, 3.63) is 29.8 Å². The van der Waals surface area contributed by atoms with Gasteiger partial charge in [-0.1, -0.05) is 26.0 Å². The summed E-state index contributed by atoms with van der Waals surface area (Å²) >= 11 is 0. The Morgan fingerprint density at radius 1 is 1.26 bits per heavy atom. The van der Waals surface area contributed by atoms with Crippen LogP contribution in [-0.2, 0) is 11.2 Å². The summed E-state index contributed by atoms with van der Waals surface area (Å²) < 4.78 is 5.89. The molecule has 3 nitrogen and oxygen atoms in total. The van der Waals surface area contributed by atoms with Gasteiger partial charge in [0, 0.05) is 18.9 Å². The summed E-state index contributed by atoms with van der Waals surface area (Å²) in [5.74, 6) is 1.19. The zero-order chi connectivity index (χ0) is 13.7. The Hall–Kier alpha value is -1.35. The Kier molecular flexibility index (Phi) is 4.97. The lowest BCUT2D eigenvalue weighted by atomic mass is 9.89. The molecule has 1 aliphatic rings. The number of carbonyl (C=O) groups excluding carboxylic acids is 1. The van der Waals surface area contributed by atoms with Crippen LogP contribution in [-0.4, -0.2) is 24.5 Å². The standard InChI is InChI=1S/C16H23NO2/c1-3-14(18)9-12-5-7-15(8-6-12)19-16-10-13(11-16)17-4-2/h5-8,13,16-17H,3-4,9-11H2,1-2H3/t13-,16-. The summed E-state index contributed by atoms with van der Waals surface area (Å²) in [4.78, 5) is 11.4. The van der Waals surface area contributed by atoms with Crippen molar-refractivity contribution in [3.63, 3.8) is 0 Å². The van der Waals surface area contributed by atoms with Crippen molar-refractivity contribution < 1.29 is 9.53 Å². The molecule has 1 N–H and O–H groups in total. The molecule has 19 heavy (non-hydrogen) atoms. The zero-order valence-electron chi connectivity index (χ0n) is 11.8. The largest absolute Gasteiger partial charge is 0.490 e. The van der Waals surface area contributed by atoms with Crippen LogP contribution in [0.3, 0.4) is 0 Å². The maximum Gasteiger partial charge on any atom is 0.136 e. The van der Waals surface area contributed by atoms with Crippen molar-refractivity contribution in [3.8, 4) is 5.75 Å². The lowest BCUT2D eigenvalue weighted by Crippen LogP contribution is -2.46. The minimum atomic E-state index is 0.279. The second kappa shape index (κ2) is 6.71. The average molecular weight is 261 g/mol. The molecule has 0 heterocycles. The molecule has 0 spiro atoms. The first-order valence-electron chi connectivity index (χ1n) is 7.22. The molecule has 0 aromatic heterocycles. The normalized spacial score (nSPS) is 21.8. The van der Waals surface area contributed by atoms with E-state index < -0.39 is 0 Å². The first-order chi connectivity index (χ1) is 9.21. The van der Waals surface area contributed by atoms with E-state index >= 15 is 0 Å². The van der Waals surface area contributed by atoms with Crippen LogP contribution in [0.4, 0.5) is 0 Å². The molecular weight excluding hydrogens is 238 g/mol. The van der Waals surface area contributed by atoms with Gasteiger partial charge in [-0.3, -0.25) is 4.79 Å². The third kappa shape index (κ3) is 4.06. The molecule has 1 saturated carbocycles. The maximum absolute atomic E-state index is 11.4. The molecule has 3 heteroatoms. The Labute approximate surface area is 115 Å². The van der Waals surface area contributed by atoms with Crippen LogP contribution >= 0.6 is 0 Å². The number of carbonyl (C=O) groups is 1. The first kappa shape index (κ1) is 14.1. The molecule has 0 atom stereocenters. The zero-order valence-corrected chi connectivity index (χ0v) is 11.8. The number of hydrogen-bond donors (Lipinski definition) is 1. The third-order valence-corrected chi connectivity index (χ3v) is 3.61. The van der Waals surface area contributed by atoms with Gasteiger partial charge in [0.25, 0.3) is 0 Å². The first-order valence-corrected chi connectivity index (χ1v) is 7.22. The minimum absolute atomic E-state index is 0.279. The van der Waals surface area contributed by atoms with Gasteiger partial charge in [-0.05, 0) is 37.1 Å². The monoisotopic (exact) mass is 261 g/mol. The van der Waals surface area contributed by atoms with E-state index in [0.29, 0.717) is 25.0 Å². The highest BCUT2D eigenvalue weighted by Gasteiger charge is 2.29. The predicted octanol–water partition coefficient (Wildman–Crippen LogP) is 2.73. The van der Waals surface area contributed by atoms with Gasteiger partial charge in [0.15, 0.2) is 0 Å². The van der Waals surface area contributed by atoms with Gasteiger partial charge in [0.05, 0.1) is 0 Å². The minimum Gasteiger partial charge on any atom is -0.490 e. The van der Waals surface area contributed by atoms with Crippen molar-refractivity contribution in [2.24, 2.45) is 0 Å². The Morgan fingerprint density at radius 3 is 2.53 bits per heavy atom. The maximum atomic E-state index is 11.4. The molecule has 2 rings (SSSR count). The summed E-state index contributed by atoms with van der Waals surface area (Å²) in [5.41, 5.74) is 1.07. The smallest absolute Gasteiger partial charge is 0.136 e. The molecule has 0 amide bonds. The van der Waals surface area contributed by atoms with Gasteiger partial charge in [-0.2, -0.15) is 0 Å².